The van der Waals surface area contributed by atoms with Gasteiger partial charge in [-0.2, -0.15) is 10.2 Å². The number of aromatic nitrogens is 5. The summed E-state index contributed by atoms with van der Waals surface area (Å²) >= 11 is 0. The first-order valence-electron chi connectivity index (χ1n) is 10.00. The van der Waals surface area contributed by atoms with Gasteiger partial charge in [-0.15, -0.1) is 0 Å². The number of benzene rings is 2. The summed E-state index contributed by atoms with van der Waals surface area (Å²) in [5.74, 6) is -0.519. The van der Waals surface area contributed by atoms with Gasteiger partial charge >= 0.3 is 5.97 Å². The second-order valence-electron chi connectivity index (χ2n) is 7.33. The predicted molar refractivity (Wildman–Crippen MR) is 118 cm³/mol. The van der Waals surface area contributed by atoms with Crippen LogP contribution in [0.25, 0.3) is 5.69 Å². The first kappa shape index (κ1) is 21.0. The van der Waals surface area contributed by atoms with Gasteiger partial charge in [-0.05, 0) is 43.7 Å². The Morgan fingerprint density at radius 1 is 1.03 bits per heavy atom. The first-order chi connectivity index (χ1) is 15.5. The average Bonchev–Trinajstić information content (AvgIpc) is 3.42. The largest absolute Gasteiger partial charge is 0.452 e. The van der Waals surface area contributed by atoms with Crippen molar-refractivity contribution < 1.29 is 14.3 Å². The van der Waals surface area contributed by atoms with Crippen LogP contribution in [0, 0.1) is 13.8 Å². The van der Waals surface area contributed by atoms with Crippen molar-refractivity contribution in [2.45, 2.75) is 20.4 Å². The van der Waals surface area contributed by atoms with Crippen molar-refractivity contribution >= 4 is 17.7 Å². The van der Waals surface area contributed by atoms with E-state index in [-0.39, 0.29) is 0 Å². The van der Waals surface area contributed by atoms with Gasteiger partial charge in [-0.1, -0.05) is 29.8 Å². The molecular weight excluding hydrogens is 408 g/mol. The molecule has 1 N–H and O–H groups in total. The fourth-order valence-electron chi connectivity index (χ4n) is 3.11. The molecule has 0 fully saturated rings. The quantitative estimate of drug-likeness (QED) is 0.452. The minimum atomic E-state index is -0.573. The summed E-state index contributed by atoms with van der Waals surface area (Å²) in [5, 5.41) is 11.2. The minimum absolute atomic E-state index is 0.362. The molecule has 1 amide bonds. The number of anilines is 1. The van der Waals surface area contributed by atoms with Crippen LogP contribution in [0.15, 0.2) is 67.3 Å². The minimum Gasteiger partial charge on any atom is -0.452 e. The number of hydrogen-bond donors (Lipinski definition) is 1. The van der Waals surface area contributed by atoms with Crippen LogP contribution in [0.2, 0.25) is 0 Å². The lowest BCUT2D eigenvalue weighted by atomic mass is 10.1. The summed E-state index contributed by atoms with van der Waals surface area (Å²) in [6.45, 7) is 3.98. The molecule has 2 aromatic heterocycles. The number of hydrogen-bond acceptors (Lipinski definition) is 6. The van der Waals surface area contributed by atoms with E-state index in [1.807, 2.05) is 38.1 Å². The number of ether oxygens (including phenoxy) is 1. The topological polar surface area (TPSA) is 104 Å². The maximum absolute atomic E-state index is 12.4. The van der Waals surface area contributed by atoms with Crippen LogP contribution in [0.3, 0.4) is 0 Å². The van der Waals surface area contributed by atoms with Gasteiger partial charge in [-0.3, -0.25) is 4.79 Å². The average molecular weight is 430 g/mol. The van der Waals surface area contributed by atoms with Gasteiger partial charge in [0, 0.05) is 6.07 Å². The van der Waals surface area contributed by atoms with Crippen molar-refractivity contribution in [2.75, 3.05) is 11.9 Å². The third-order valence-corrected chi connectivity index (χ3v) is 4.71. The van der Waals surface area contributed by atoms with Crippen LogP contribution < -0.4 is 5.32 Å². The summed E-state index contributed by atoms with van der Waals surface area (Å²) in [6.07, 6.45) is 3.08. The monoisotopic (exact) mass is 430 g/mol. The normalized spacial score (nSPS) is 10.7. The lowest BCUT2D eigenvalue weighted by Gasteiger charge is -2.10. The summed E-state index contributed by atoms with van der Waals surface area (Å²) in [7, 11) is 0. The van der Waals surface area contributed by atoms with Crippen LogP contribution >= 0.6 is 0 Å². The van der Waals surface area contributed by atoms with E-state index in [9.17, 15) is 9.59 Å². The second-order valence-corrected chi connectivity index (χ2v) is 7.33. The number of aryl methyl sites for hydroxylation is 2. The Morgan fingerprint density at radius 2 is 1.78 bits per heavy atom. The Labute approximate surface area is 184 Å². The van der Waals surface area contributed by atoms with E-state index in [0.717, 1.165) is 22.5 Å². The molecule has 9 heteroatoms. The smallest absolute Gasteiger partial charge is 0.338 e. The molecule has 2 heterocycles. The molecule has 162 valence electrons. The molecule has 0 aliphatic carbocycles. The van der Waals surface area contributed by atoms with Gasteiger partial charge < -0.3 is 10.1 Å². The Balaban J connectivity index is 1.34. The van der Waals surface area contributed by atoms with E-state index in [0.29, 0.717) is 17.9 Å². The second kappa shape index (κ2) is 9.25. The van der Waals surface area contributed by atoms with Gasteiger partial charge in [0.2, 0.25) is 0 Å². The maximum atomic E-state index is 12.4. The van der Waals surface area contributed by atoms with E-state index >= 15 is 0 Å². The van der Waals surface area contributed by atoms with E-state index in [1.165, 1.54) is 6.33 Å². The molecule has 0 saturated carbocycles. The molecule has 9 nitrogen and oxygen atoms in total. The highest BCUT2D eigenvalue weighted by Gasteiger charge is 2.14. The Morgan fingerprint density at radius 3 is 2.47 bits per heavy atom. The first-order valence-corrected chi connectivity index (χ1v) is 10.00. The molecule has 0 aliphatic heterocycles. The van der Waals surface area contributed by atoms with E-state index in [1.54, 1.807) is 46.0 Å². The highest BCUT2D eigenvalue weighted by molar-refractivity contribution is 5.95. The molecule has 32 heavy (non-hydrogen) atoms. The number of nitrogens with zero attached hydrogens (tertiary/aromatic N) is 5. The van der Waals surface area contributed by atoms with E-state index in [4.69, 9.17) is 4.74 Å². The van der Waals surface area contributed by atoms with E-state index in [2.05, 4.69) is 20.5 Å². The zero-order valence-corrected chi connectivity index (χ0v) is 17.7. The third kappa shape index (κ3) is 5.07. The van der Waals surface area contributed by atoms with Crippen molar-refractivity contribution in [3.05, 3.63) is 89.6 Å². The van der Waals surface area contributed by atoms with Gasteiger partial charge in [0.05, 0.1) is 23.5 Å². The Kier molecular flexibility index (Phi) is 6.07. The van der Waals surface area contributed by atoms with Gasteiger partial charge in [-0.25, -0.2) is 19.1 Å². The SMILES string of the molecule is Cc1ccc(-n2nc(C)cc2NC(=O)COC(=O)c2ccc(Cn3cncn3)cc2)cc1. The van der Waals surface area contributed by atoms with Crippen molar-refractivity contribution in [3.8, 4) is 5.69 Å². The molecule has 4 aromatic rings. The maximum Gasteiger partial charge on any atom is 0.338 e. The van der Waals surface area contributed by atoms with Crippen molar-refractivity contribution in [2.24, 2.45) is 0 Å². The molecule has 2 aromatic carbocycles. The summed E-state index contributed by atoms with van der Waals surface area (Å²) in [4.78, 5) is 28.6. The van der Waals surface area contributed by atoms with Crippen LogP contribution in [0.5, 0.6) is 0 Å². The molecule has 4 rings (SSSR count). The molecule has 0 bridgehead atoms. The fraction of sp³-hybridized carbons (Fsp3) is 0.174. The number of carbonyl (C=O) groups excluding carboxylic acids is 2. The number of carbonyl (C=O) groups is 2. The number of esters is 1. The summed E-state index contributed by atoms with van der Waals surface area (Å²) in [5.41, 5.74) is 4.03. The third-order valence-electron chi connectivity index (χ3n) is 4.71. The number of nitrogens with one attached hydrogen (secondary N) is 1. The molecule has 0 atom stereocenters. The fourth-order valence-corrected chi connectivity index (χ4v) is 3.11. The molecular formula is C23H22N6O3. The highest BCUT2D eigenvalue weighted by Crippen LogP contribution is 2.17. The van der Waals surface area contributed by atoms with E-state index < -0.39 is 18.5 Å². The van der Waals surface area contributed by atoms with Gasteiger partial charge in [0.25, 0.3) is 5.91 Å². The number of rotatable bonds is 7. The molecule has 0 saturated heterocycles. The van der Waals surface area contributed by atoms with Crippen molar-refractivity contribution in [1.82, 2.24) is 24.5 Å². The van der Waals surface area contributed by atoms with Crippen LogP contribution in [-0.4, -0.2) is 43.0 Å². The van der Waals surface area contributed by atoms with Crippen LogP contribution in [-0.2, 0) is 16.1 Å². The molecule has 0 unspecified atom stereocenters. The van der Waals surface area contributed by atoms with Crippen LogP contribution in [0.4, 0.5) is 5.82 Å². The zero-order valence-electron chi connectivity index (χ0n) is 17.7. The Bertz CT molecular complexity index is 1210. The van der Waals surface area contributed by atoms with Gasteiger partial charge in [0.1, 0.15) is 18.5 Å². The van der Waals surface area contributed by atoms with Crippen LogP contribution in [0.1, 0.15) is 27.2 Å². The lowest BCUT2D eigenvalue weighted by molar-refractivity contribution is -0.119. The lowest BCUT2D eigenvalue weighted by Crippen LogP contribution is -2.22. The standard InChI is InChI=1S/C23H22N6O3/c1-16-3-9-20(10-4-16)29-21(11-17(2)27-29)26-22(30)13-32-23(31)19-7-5-18(6-8-19)12-28-15-24-14-25-28/h3-11,14-15H,12-13H2,1-2H3,(H,26,30). The highest BCUT2D eigenvalue weighted by atomic mass is 16.5. The van der Waals surface area contributed by atoms with Gasteiger partial charge in [0.15, 0.2) is 6.61 Å². The van der Waals surface area contributed by atoms with Crippen molar-refractivity contribution in [1.29, 1.82) is 0 Å². The zero-order chi connectivity index (χ0) is 22.5. The molecule has 0 radical (unpaired) electrons. The summed E-state index contributed by atoms with van der Waals surface area (Å²) < 4.78 is 8.49. The predicted octanol–water partition coefficient (Wildman–Crippen LogP) is 2.92. The summed E-state index contributed by atoms with van der Waals surface area (Å²) in [6, 6.07) is 16.5. The number of amides is 1. The molecule has 0 spiro atoms. The Hall–Kier alpha value is -4.27. The molecule has 0 aliphatic rings. The van der Waals surface area contributed by atoms with Crippen molar-refractivity contribution in [3.63, 3.8) is 0 Å².